The number of halogens is 2. The van der Waals surface area contributed by atoms with Crippen molar-refractivity contribution < 1.29 is 4.39 Å². The van der Waals surface area contributed by atoms with Crippen molar-refractivity contribution in [3.8, 4) is 0 Å². The first-order chi connectivity index (χ1) is 9.04. The number of benzene rings is 2. The van der Waals surface area contributed by atoms with Gasteiger partial charge in [-0.05, 0) is 65.2 Å². The second-order valence-electron chi connectivity index (χ2n) is 4.62. The van der Waals surface area contributed by atoms with Crippen molar-refractivity contribution in [2.24, 2.45) is 0 Å². The van der Waals surface area contributed by atoms with Gasteiger partial charge in [0.25, 0.3) is 0 Å². The lowest BCUT2D eigenvalue weighted by Crippen LogP contribution is -2.18. The van der Waals surface area contributed by atoms with Crippen LogP contribution in [-0.4, -0.2) is 6.04 Å². The molecule has 0 fully saturated rings. The van der Waals surface area contributed by atoms with Crippen LogP contribution in [-0.2, 0) is 6.42 Å². The van der Waals surface area contributed by atoms with Crippen LogP contribution in [0.1, 0.15) is 12.5 Å². The average molecular weight is 323 g/mol. The minimum absolute atomic E-state index is 0.203. The van der Waals surface area contributed by atoms with E-state index in [1.165, 1.54) is 12.1 Å². The number of nitrogens with two attached hydrogens (primary N) is 1. The van der Waals surface area contributed by atoms with Gasteiger partial charge in [0, 0.05) is 21.9 Å². The van der Waals surface area contributed by atoms with Crippen molar-refractivity contribution in [1.82, 2.24) is 0 Å². The molecule has 2 nitrogen and oxygen atoms in total. The second kappa shape index (κ2) is 6.06. The molecule has 0 saturated carbocycles. The topological polar surface area (TPSA) is 38.0 Å². The van der Waals surface area contributed by atoms with E-state index in [-0.39, 0.29) is 11.9 Å². The first-order valence-corrected chi connectivity index (χ1v) is 6.90. The van der Waals surface area contributed by atoms with Gasteiger partial charge < -0.3 is 11.1 Å². The summed E-state index contributed by atoms with van der Waals surface area (Å²) in [5.74, 6) is -0.203. The quantitative estimate of drug-likeness (QED) is 0.827. The van der Waals surface area contributed by atoms with Crippen molar-refractivity contribution in [2.75, 3.05) is 11.1 Å². The Morgan fingerprint density at radius 2 is 1.89 bits per heavy atom. The molecular weight excluding hydrogens is 307 g/mol. The summed E-state index contributed by atoms with van der Waals surface area (Å²) in [7, 11) is 0. The highest BCUT2D eigenvalue weighted by molar-refractivity contribution is 9.10. The first-order valence-electron chi connectivity index (χ1n) is 6.10. The predicted molar refractivity (Wildman–Crippen MR) is 81.7 cm³/mol. The van der Waals surface area contributed by atoms with Gasteiger partial charge >= 0.3 is 0 Å². The van der Waals surface area contributed by atoms with Crippen LogP contribution in [0, 0.1) is 5.82 Å². The summed E-state index contributed by atoms with van der Waals surface area (Å²) in [6.07, 6.45) is 0.830. The molecule has 0 amide bonds. The van der Waals surface area contributed by atoms with Crippen molar-refractivity contribution in [3.05, 3.63) is 58.3 Å². The highest BCUT2D eigenvalue weighted by Gasteiger charge is 2.06. The number of anilines is 2. The Labute approximate surface area is 121 Å². The molecule has 4 heteroatoms. The smallest absolute Gasteiger partial charge is 0.123 e. The third-order valence-electron chi connectivity index (χ3n) is 2.85. The SMILES string of the molecule is CC(Cc1ccc(F)cc1)Nc1ccc(N)cc1Br. The monoisotopic (exact) mass is 322 g/mol. The summed E-state index contributed by atoms with van der Waals surface area (Å²) in [6, 6.07) is 12.5. The summed E-state index contributed by atoms with van der Waals surface area (Å²) >= 11 is 3.48. The maximum absolute atomic E-state index is 12.8. The van der Waals surface area contributed by atoms with Crippen molar-refractivity contribution in [3.63, 3.8) is 0 Å². The molecule has 2 rings (SSSR count). The van der Waals surface area contributed by atoms with Crippen molar-refractivity contribution in [1.29, 1.82) is 0 Å². The number of rotatable bonds is 4. The Hall–Kier alpha value is -1.55. The molecule has 0 radical (unpaired) electrons. The summed E-state index contributed by atoms with van der Waals surface area (Å²) in [5, 5.41) is 3.40. The van der Waals surface area contributed by atoms with Crippen molar-refractivity contribution in [2.45, 2.75) is 19.4 Å². The van der Waals surface area contributed by atoms with E-state index in [2.05, 4.69) is 28.2 Å². The number of hydrogen-bond acceptors (Lipinski definition) is 2. The van der Waals surface area contributed by atoms with Gasteiger partial charge in [0.2, 0.25) is 0 Å². The second-order valence-corrected chi connectivity index (χ2v) is 5.47. The molecule has 100 valence electrons. The standard InChI is InChI=1S/C15H16BrFN2/c1-10(8-11-2-4-12(17)5-3-11)19-15-7-6-13(18)9-14(15)16/h2-7,9-10,19H,8,18H2,1H3. The number of nitrogens with one attached hydrogen (secondary N) is 1. The van der Waals surface area contributed by atoms with Gasteiger partial charge in [-0.1, -0.05) is 12.1 Å². The largest absolute Gasteiger partial charge is 0.399 e. The van der Waals surface area contributed by atoms with Gasteiger partial charge in [-0.15, -0.1) is 0 Å². The van der Waals surface area contributed by atoms with E-state index in [0.717, 1.165) is 27.8 Å². The van der Waals surface area contributed by atoms with Crippen molar-refractivity contribution >= 4 is 27.3 Å². The van der Waals surface area contributed by atoms with Crippen LogP contribution in [0.15, 0.2) is 46.9 Å². The van der Waals surface area contributed by atoms with Gasteiger partial charge in [0.05, 0.1) is 0 Å². The molecule has 2 aromatic rings. The molecule has 0 saturated heterocycles. The maximum atomic E-state index is 12.8. The van der Waals surface area contributed by atoms with Crippen LogP contribution in [0.2, 0.25) is 0 Å². The number of nitrogen functional groups attached to an aromatic ring is 1. The Morgan fingerprint density at radius 1 is 1.21 bits per heavy atom. The van der Waals surface area contributed by atoms with Gasteiger partial charge in [0.1, 0.15) is 5.82 Å². The Morgan fingerprint density at radius 3 is 2.53 bits per heavy atom. The Bertz CT molecular complexity index is 555. The highest BCUT2D eigenvalue weighted by atomic mass is 79.9. The summed E-state index contributed by atoms with van der Waals surface area (Å²) in [4.78, 5) is 0. The third kappa shape index (κ3) is 3.96. The van der Waals surface area contributed by atoms with Crippen LogP contribution < -0.4 is 11.1 Å². The molecule has 0 spiro atoms. The van der Waals surface area contributed by atoms with Crippen LogP contribution in [0.25, 0.3) is 0 Å². The van der Waals surface area contributed by atoms with Crippen LogP contribution in [0.3, 0.4) is 0 Å². The molecule has 2 aromatic carbocycles. The molecule has 0 aliphatic heterocycles. The minimum Gasteiger partial charge on any atom is -0.399 e. The lowest BCUT2D eigenvalue weighted by atomic mass is 10.1. The lowest BCUT2D eigenvalue weighted by molar-refractivity contribution is 0.626. The molecule has 1 unspecified atom stereocenters. The number of hydrogen-bond donors (Lipinski definition) is 2. The predicted octanol–water partition coefficient (Wildman–Crippen LogP) is 4.21. The Balaban J connectivity index is 2.01. The van der Waals surface area contributed by atoms with E-state index >= 15 is 0 Å². The van der Waals surface area contributed by atoms with E-state index < -0.39 is 0 Å². The lowest BCUT2D eigenvalue weighted by Gasteiger charge is -2.17. The highest BCUT2D eigenvalue weighted by Crippen LogP contribution is 2.25. The normalized spacial score (nSPS) is 12.2. The molecular formula is C15H16BrFN2. The Kier molecular flexibility index (Phi) is 4.43. The fourth-order valence-corrected chi connectivity index (χ4v) is 2.45. The zero-order chi connectivity index (χ0) is 13.8. The molecule has 1 atom stereocenters. The van der Waals surface area contributed by atoms with Gasteiger partial charge in [-0.25, -0.2) is 4.39 Å². The fourth-order valence-electron chi connectivity index (χ4n) is 1.94. The average Bonchev–Trinajstić information content (AvgIpc) is 2.36. The summed E-state index contributed by atoms with van der Waals surface area (Å²) in [5.41, 5.74) is 8.54. The fraction of sp³-hybridized carbons (Fsp3) is 0.200. The molecule has 0 bridgehead atoms. The van der Waals surface area contributed by atoms with Gasteiger partial charge in [0.15, 0.2) is 0 Å². The summed E-state index contributed by atoms with van der Waals surface area (Å²) in [6.45, 7) is 2.09. The molecule has 0 aromatic heterocycles. The molecule has 19 heavy (non-hydrogen) atoms. The van der Waals surface area contributed by atoms with Gasteiger partial charge in [-0.3, -0.25) is 0 Å². The van der Waals surface area contributed by atoms with Crippen LogP contribution >= 0.6 is 15.9 Å². The zero-order valence-electron chi connectivity index (χ0n) is 10.7. The first kappa shape index (κ1) is 13.9. The zero-order valence-corrected chi connectivity index (χ0v) is 12.2. The molecule has 0 heterocycles. The molecule has 0 aliphatic carbocycles. The molecule has 3 N–H and O–H groups in total. The van der Waals surface area contributed by atoms with E-state index in [4.69, 9.17) is 5.73 Å². The minimum atomic E-state index is -0.203. The summed E-state index contributed by atoms with van der Waals surface area (Å²) < 4.78 is 13.8. The van der Waals surface area contributed by atoms with E-state index in [0.29, 0.717) is 0 Å². The van der Waals surface area contributed by atoms with E-state index in [1.54, 1.807) is 0 Å². The third-order valence-corrected chi connectivity index (χ3v) is 3.51. The van der Waals surface area contributed by atoms with E-state index in [9.17, 15) is 4.39 Å². The van der Waals surface area contributed by atoms with Gasteiger partial charge in [-0.2, -0.15) is 0 Å². The van der Waals surface area contributed by atoms with E-state index in [1.807, 2.05) is 30.3 Å². The maximum Gasteiger partial charge on any atom is 0.123 e. The van der Waals surface area contributed by atoms with Crippen LogP contribution in [0.4, 0.5) is 15.8 Å². The molecule has 0 aliphatic rings. The van der Waals surface area contributed by atoms with Crippen LogP contribution in [0.5, 0.6) is 0 Å².